The van der Waals surface area contributed by atoms with Crippen LogP contribution < -0.4 is 5.32 Å². The third-order valence-electron chi connectivity index (χ3n) is 3.84. The molecule has 140 valence electrons. The van der Waals surface area contributed by atoms with Crippen LogP contribution in [0, 0.1) is 5.92 Å². The molecule has 27 heavy (non-hydrogen) atoms. The molecular weight excluding hydrogens is 348 g/mol. The van der Waals surface area contributed by atoms with Crippen LogP contribution in [0.5, 0.6) is 5.75 Å². The number of benzene rings is 2. The minimum Gasteiger partial charge on any atom is -0.506 e. The summed E-state index contributed by atoms with van der Waals surface area (Å²) in [6.45, 7) is 3.77. The molecule has 3 aromatic rings. The van der Waals surface area contributed by atoms with E-state index in [1.54, 1.807) is 13.8 Å². The van der Waals surface area contributed by atoms with Crippen molar-refractivity contribution in [2.75, 3.05) is 13.2 Å². The Morgan fingerprint density at radius 3 is 2.44 bits per heavy atom. The van der Waals surface area contributed by atoms with E-state index in [1.165, 1.54) is 23.0 Å². The predicted octanol–water partition coefficient (Wildman–Crippen LogP) is 2.06. The lowest BCUT2D eigenvalue weighted by Crippen LogP contribution is -2.28. The van der Waals surface area contributed by atoms with Crippen LogP contribution in [0.3, 0.4) is 0 Å². The fourth-order valence-corrected chi connectivity index (χ4v) is 2.38. The molecule has 0 aliphatic heterocycles. The van der Waals surface area contributed by atoms with Crippen molar-refractivity contribution >= 4 is 22.9 Å². The van der Waals surface area contributed by atoms with E-state index in [-0.39, 0.29) is 36.7 Å². The lowest BCUT2D eigenvalue weighted by atomic mass is 10.1. The number of hydrogen-bond acceptors (Lipinski definition) is 6. The fraction of sp³-hybridized carbons (Fsp3) is 0.263. The number of hydrogen-bond donors (Lipinski definition) is 2. The number of carbonyl (C=O) groups excluding carboxylic acids is 2. The molecule has 0 unspecified atom stereocenters. The molecule has 3 rings (SSSR count). The summed E-state index contributed by atoms with van der Waals surface area (Å²) in [5, 5.41) is 21.4. The predicted molar refractivity (Wildman–Crippen MR) is 98.7 cm³/mol. The van der Waals surface area contributed by atoms with E-state index in [1.807, 2.05) is 24.3 Å². The molecule has 1 heterocycles. The van der Waals surface area contributed by atoms with Crippen LogP contribution in [0.15, 0.2) is 42.5 Å². The van der Waals surface area contributed by atoms with E-state index in [2.05, 4.69) is 15.5 Å². The van der Waals surface area contributed by atoms with Gasteiger partial charge in [-0.3, -0.25) is 9.59 Å². The van der Waals surface area contributed by atoms with Gasteiger partial charge < -0.3 is 15.2 Å². The molecule has 0 bridgehead atoms. The number of fused-ring (bicyclic) bond motifs is 1. The largest absolute Gasteiger partial charge is 0.506 e. The van der Waals surface area contributed by atoms with Crippen LogP contribution in [0.25, 0.3) is 16.7 Å². The fourth-order valence-electron chi connectivity index (χ4n) is 2.38. The number of nitrogens with one attached hydrogen (secondary N) is 1. The number of phenolic OH excluding ortho intramolecular Hbond substituents is 1. The molecular formula is C19H20N4O4. The summed E-state index contributed by atoms with van der Waals surface area (Å²) in [5.41, 5.74) is 1.99. The summed E-state index contributed by atoms with van der Waals surface area (Å²) in [5.74, 6) is -0.920. The molecule has 0 aliphatic rings. The zero-order valence-electron chi connectivity index (χ0n) is 15.0. The molecule has 0 atom stereocenters. The topological polar surface area (TPSA) is 106 Å². The lowest BCUT2D eigenvalue weighted by molar-refractivity contribution is -0.147. The highest BCUT2D eigenvalue weighted by molar-refractivity contribution is 5.95. The molecule has 1 amide bonds. The van der Waals surface area contributed by atoms with Gasteiger partial charge >= 0.3 is 5.97 Å². The molecule has 0 aliphatic carbocycles. The van der Waals surface area contributed by atoms with Gasteiger partial charge in [0.2, 0.25) is 0 Å². The maximum Gasteiger partial charge on any atom is 0.308 e. The van der Waals surface area contributed by atoms with Gasteiger partial charge in [-0.25, -0.2) is 0 Å². The first-order chi connectivity index (χ1) is 13.0. The summed E-state index contributed by atoms with van der Waals surface area (Å²) in [4.78, 5) is 25.0. The maximum atomic E-state index is 12.3. The van der Waals surface area contributed by atoms with Crippen LogP contribution in [0.2, 0.25) is 0 Å². The van der Waals surface area contributed by atoms with Crippen LogP contribution in [0.4, 0.5) is 0 Å². The van der Waals surface area contributed by atoms with Gasteiger partial charge in [-0.2, -0.15) is 0 Å². The van der Waals surface area contributed by atoms with E-state index in [9.17, 15) is 14.7 Å². The third-order valence-corrected chi connectivity index (χ3v) is 3.84. The highest BCUT2D eigenvalue weighted by Crippen LogP contribution is 2.23. The number of rotatable bonds is 6. The molecule has 0 radical (unpaired) electrons. The van der Waals surface area contributed by atoms with Crippen LogP contribution in [-0.4, -0.2) is 45.1 Å². The average Bonchev–Trinajstić information content (AvgIpc) is 3.09. The second kappa shape index (κ2) is 7.86. The van der Waals surface area contributed by atoms with Crippen LogP contribution >= 0.6 is 0 Å². The summed E-state index contributed by atoms with van der Waals surface area (Å²) >= 11 is 0. The molecule has 2 aromatic carbocycles. The van der Waals surface area contributed by atoms with E-state index in [0.717, 1.165) is 0 Å². The van der Waals surface area contributed by atoms with Crippen LogP contribution in [-0.2, 0) is 9.53 Å². The van der Waals surface area contributed by atoms with Crippen molar-refractivity contribution in [3.05, 3.63) is 48.0 Å². The molecule has 0 spiro atoms. The molecule has 0 saturated heterocycles. The van der Waals surface area contributed by atoms with Gasteiger partial charge in [-0.05, 0) is 30.3 Å². The number of esters is 1. The summed E-state index contributed by atoms with van der Waals surface area (Å²) in [7, 11) is 0. The van der Waals surface area contributed by atoms with Crippen molar-refractivity contribution in [3.63, 3.8) is 0 Å². The van der Waals surface area contributed by atoms with Gasteiger partial charge in [0, 0.05) is 5.56 Å². The van der Waals surface area contributed by atoms with Gasteiger partial charge in [0.1, 0.15) is 29.1 Å². The second-order valence-electron chi connectivity index (χ2n) is 6.26. The number of aromatic hydroxyl groups is 1. The van der Waals surface area contributed by atoms with E-state index in [0.29, 0.717) is 22.3 Å². The number of carbonyl (C=O) groups is 2. The van der Waals surface area contributed by atoms with Crippen molar-refractivity contribution in [3.8, 4) is 11.4 Å². The first-order valence-corrected chi connectivity index (χ1v) is 8.56. The summed E-state index contributed by atoms with van der Waals surface area (Å²) in [6.07, 6.45) is 0. The van der Waals surface area contributed by atoms with Gasteiger partial charge in [0.15, 0.2) is 0 Å². The minimum atomic E-state index is -0.353. The van der Waals surface area contributed by atoms with Crippen LogP contribution in [0.1, 0.15) is 24.2 Å². The number of aromatic nitrogens is 3. The first-order valence-electron chi connectivity index (χ1n) is 8.56. The summed E-state index contributed by atoms with van der Waals surface area (Å²) in [6, 6.07) is 11.7. The second-order valence-corrected chi connectivity index (χ2v) is 6.26. The molecule has 2 N–H and O–H groups in total. The molecule has 8 nitrogen and oxygen atoms in total. The van der Waals surface area contributed by atoms with E-state index >= 15 is 0 Å². The molecule has 8 heteroatoms. The Balaban J connectivity index is 1.71. The minimum absolute atomic E-state index is 0.0438. The van der Waals surface area contributed by atoms with Gasteiger partial charge in [-0.1, -0.05) is 26.0 Å². The SMILES string of the molecule is CC(C)C(=O)OCCNC(=O)c1ccc(O)c(-n2nc3ccccc3n2)c1. The van der Waals surface area contributed by atoms with Gasteiger partial charge in [0.05, 0.1) is 12.5 Å². The van der Waals surface area contributed by atoms with E-state index < -0.39 is 0 Å². The molecule has 0 saturated carbocycles. The van der Waals surface area contributed by atoms with Gasteiger partial charge in [-0.15, -0.1) is 15.0 Å². The Kier molecular flexibility index (Phi) is 5.35. The normalized spacial score (nSPS) is 10.9. The van der Waals surface area contributed by atoms with E-state index in [4.69, 9.17) is 4.74 Å². The smallest absolute Gasteiger partial charge is 0.308 e. The maximum absolute atomic E-state index is 12.3. The molecule has 1 aromatic heterocycles. The number of amides is 1. The van der Waals surface area contributed by atoms with Crippen molar-refractivity contribution in [1.82, 2.24) is 20.3 Å². The lowest BCUT2D eigenvalue weighted by Gasteiger charge is -2.09. The Bertz CT molecular complexity index is 948. The Labute approximate surface area is 155 Å². The average molecular weight is 368 g/mol. The zero-order chi connectivity index (χ0) is 19.4. The zero-order valence-corrected chi connectivity index (χ0v) is 15.0. The van der Waals surface area contributed by atoms with Crippen molar-refractivity contribution in [2.45, 2.75) is 13.8 Å². The Morgan fingerprint density at radius 1 is 1.15 bits per heavy atom. The number of ether oxygens (including phenoxy) is 1. The van der Waals surface area contributed by atoms with Crippen molar-refractivity contribution < 1.29 is 19.4 Å². The quantitative estimate of drug-likeness (QED) is 0.509. The highest BCUT2D eigenvalue weighted by atomic mass is 16.5. The summed E-state index contributed by atoms with van der Waals surface area (Å²) < 4.78 is 5.02. The highest BCUT2D eigenvalue weighted by Gasteiger charge is 2.13. The molecule has 0 fully saturated rings. The van der Waals surface area contributed by atoms with Crippen molar-refractivity contribution in [1.29, 1.82) is 0 Å². The number of nitrogens with zero attached hydrogens (tertiary/aromatic N) is 3. The van der Waals surface area contributed by atoms with Crippen molar-refractivity contribution in [2.24, 2.45) is 5.92 Å². The Morgan fingerprint density at radius 2 is 1.81 bits per heavy atom. The number of phenols is 1. The first kappa shape index (κ1) is 18.4. The Hall–Kier alpha value is -3.42. The third kappa shape index (κ3) is 4.22. The standard InChI is InChI=1S/C19H20N4O4/c1-12(2)19(26)27-10-9-20-18(25)13-7-8-17(24)16(11-13)23-21-14-5-3-4-6-15(14)22-23/h3-8,11-12,24H,9-10H2,1-2H3,(H,20,25). The monoisotopic (exact) mass is 368 g/mol. The van der Waals surface area contributed by atoms with Gasteiger partial charge in [0.25, 0.3) is 5.91 Å².